The van der Waals surface area contributed by atoms with Crippen molar-refractivity contribution >= 4 is 5.91 Å². The summed E-state index contributed by atoms with van der Waals surface area (Å²) in [6.07, 6.45) is 6.53. The second kappa shape index (κ2) is 4.32. The van der Waals surface area contributed by atoms with Crippen LogP contribution in [0.3, 0.4) is 0 Å². The fourth-order valence-electron chi connectivity index (χ4n) is 4.44. The molecule has 0 bridgehead atoms. The average Bonchev–Trinajstić information content (AvgIpc) is 2.96. The maximum Gasteiger partial charge on any atom is 0.224 e. The molecular weight excluding hydrogens is 248 g/mol. The predicted octanol–water partition coefficient (Wildman–Crippen LogP) is 2.68. The second-order valence-corrected chi connectivity index (χ2v) is 6.59. The molecule has 0 radical (unpaired) electrons. The van der Waals surface area contributed by atoms with Crippen LogP contribution in [-0.4, -0.2) is 22.9 Å². The number of nitrogens with one attached hydrogen (secondary N) is 1. The summed E-state index contributed by atoms with van der Waals surface area (Å²) in [5, 5.41) is 3.84. The van der Waals surface area contributed by atoms with E-state index in [0.717, 1.165) is 12.8 Å². The fourth-order valence-corrected chi connectivity index (χ4v) is 4.44. The van der Waals surface area contributed by atoms with Crippen LogP contribution >= 0.6 is 0 Å². The zero-order valence-corrected chi connectivity index (χ0v) is 12.1. The quantitative estimate of drug-likeness (QED) is 0.851. The number of amides is 1. The number of carbonyl (C=O) groups is 1. The summed E-state index contributed by atoms with van der Waals surface area (Å²) in [6, 6.07) is 9.63. The molecule has 1 aromatic rings. The van der Waals surface area contributed by atoms with Gasteiger partial charge < -0.3 is 4.90 Å². The Labute approximate surface area is 120 Å². The topological polar surface area (TPSA) is 32.3 Å². The summed E-state index contributed by atoms with van der Waals surface area (Å²) >= 11 is 0. The van der Waals surface area contributed by atoms with Gasteiger partial charge in [0, 0.05) is 18.5 Å². The fraction of sp³-hybridized carbons (Fsp3) is 0.588. The van der Waals surface area contributed by atoms with E-state index in [1.54, 1.807) is 0 Å². The number of rotatable bonds is 1. The number of aryl methyl sites for hydroxylation is 1. The lowest BCUT2D eigenvalue weighted by Gasteiger charge is -2.35. The molecule has 106 valence electrons. The van der Waals surface area contributed by atoms with Gasteiger partial charge in [-0.15, -0.1) is 0 Å². The Morgan fingerprint density at radius 3 is 2.75 bits per heavy atom. The van der Waals surface area contributed by atoms with Gasteiger partial charge in [0.2, 0.25) is 5.91 Å². The zero-order valence-electron chi connectivity index (χ0n) is 12.1. The minimum atomic E-state index is -0.218. The molecule has 1 aliphatic carbocycles. The summed E-state index contributed by atoms with van der Waals surface area (Å²) in [6.45, 7) is 2.11. The van der Waals surface area contributed by atoms with Crippen molar-refractivity contribution in [2.45, 2.75) is 63.2 Å². The Morgan fingerprint density at radius 1 is 1.20 bits per heavy atom. The van der Waals surface area contributed by atoms with E-state index < -0.39 is 0 Å². The van der Waals surface area contributed by atoms with Crippen LogP contribution in [-0.2, 0) is 10.5 Å². The van der Waals surface area contributed by atoms with E-state index in [9.17, 15) is 4.79 Å². The highest BCUT2D eigenvalue weighted by atomic mass is 16.2. The average molecular weight is 270 g/mol. The molecule has 2 saturated heterocycles. The highest BCUT2D eigenvalue weighted by molar-refractivity contribution is 5.81. The van der Waals surface area contributed by atoms with E-state index in [0.29, 0.717) is 24.4 Å². The third kappa shape index (κ3) is 1.59. The highest BCUT2D eigenvalue weighted by Gasteiger charge is 2.57. The van der Waals surface area contributed by atoms with E-state index in [4.69, 9.17) is 0 Å². The van der Waals surface area contributed by atoms with Gasteiger partial charge in [0.1, 0.15) is 5.66 Å². The lowest BCUT2D eigenvalue weighted by atomic mass is 9.91. The molecule has 1 aromatic carbocycles. The number of benzene rings is 1. The molecule has 0 spiro atoms. The molecule has 1 amide bonds. The third-order valence-electron chi connectivity index (χ3n) is 5.40. The van der Waals surface area contributed by atoms with E-state index >= 15 is 0 Å². The molecule has 3 fully saturated rings. The van der Waals surface area contributed by atoms with Crippen LogP contribution in [0.25, 0.3) is 0 Å². The number of carbonyl (C=O) groups excluding carboxylic acids is 1. The van der Waals surface area contributed by atoms with Crippen molar-refractivity contribution in [3.05, 3.63) is 35.4 Å². The first-order valence-electron chi connectivity index (χ1n) is 7.88. The monoisotopic (exact) mass is 270 g/mol. The van der Waals surface area contributed by atoms with Gasteiger partial charge in [-0.2, -0.15) is 0 Å². The van der Waals surface area contributed by atoms with Gasteiger partial charge in [-0.25, -0.2) is 0 Å². The third-order valence-corrected chi connectivity index (χ3v) is 5.40. The van der Waals surface area contributed by atoms with Crippen LogP contribution in [0.15, 0.2) is 24.3 Å². The summed E-state index contributed by atoms with van der Waals surface area (Å²) in [5.41, 5.74) is 2.32. The lowest BCUT2D eigenvalue weighted by Crippen LogP contribution is -2.47. The number of hydrogen-bond acceptors (Lipinski definition) is 2. The molecule has 3 aliphatic rings. The lowest BCUT2D eigenvalue weighted by molar-refractivity contribution is -0.132. The van der Waals surface area contributed by atoms with Gasteiger partial charge in [0.25, 0.3) is 0 Å². The maximum atomic E-state index is 12.4. The van der Waals surface area contributed by atoms with E-state index in [1.807, 2.05) is 0 Å². The number of hydrogen-bond donors (Lipinski definition) is 1. The minimum Gasteiger partial charge on any atom is -0.316 e. The van der Waals surface area contributed by atoms with Gasteiger partial charge in [0.15, 0.2) is 0 Å². The Balaban J connectivity index is 1.78. The number of fused-ring (bicyclic) bond motifs is 3. The molecule has 2 heterocycles. The van der Waals surface area contributed by atoms with Crippen LogP contribution in [0.5, 0.6) is 0 Å². The van der Waals surface area contributed by atoms with Crippen LogP contribution in [0.2, 0.25) is 0 Å². The largest absolute Gasteiger partial charge is 0.316 e. The molecule has 3 heteroatoms. The van der Waals surface area contributed by atoms with Crippen LogP contribution in [0.1, 0.15) is 49.7 Å². The Morgan fingerprint density at radius 2 is 1.95 bits per heavy atom. The van der Waals surface area contributed by atoms with Crippen molar-refractivity contribution in [1.29, 1.82) is 0 Å². The zero-order chi connectivity index (χ0) is 13.7. The predicted molar refractivity (Wildman–Crippen MR) is 78.1 cm³/mol. The first-order valence-corrected chi connectivity index (χ1v) is 7.88. The van der Waals surface area contributed by atoms with Gasteiger partial charge in [-0.1, -0.05) is 42.7 Å². The summed E-state index contributed by atoms with van der Waals surface area (Å²) in [4.78, 5) is 14.6. The van der Waals surface area contributed by atoms with Crippen LogP contribution < -0.4 is 5.32 Å². The molecular formula is C17H22N2O. The van der Waals surface area contributed by atoms with E-state index in [1.165, 1.54) is 30.4 Å². The van der Waals surface area contributed by atoms with Gasteiger partial charge in [-0.05, 0) is 31.7 Å². The molecule has 1 saturated carbocycles. The van der Waals surface area contributed by atoms with Crippen molar-refractivity contribution in [2.75, 3.05) is 0 Å². The summed E-state index contributed by atoms with van der Waals surface area (Å²) in [7, 11) is 0. The van der Waals surface area contributed by atoms with Gasteiger partial charge in [0.05, 0.1) is 0 Å². The molecule has 0 aromatic heterocycles. The van der Waals surface area contributed by atoms with Gasteiger partial charge in [-0.3, -0.25) is 10.1 Å². The first kappa shape index (κ1) is 12.4. The molecule has 0 unspecified atom stereocenters. The summed E-state index contributed by atoms with van der Waals surface area (Å²) < 4.78 is 0. The van der Waals surface area contributed by atoms with Crippen LogP contribution in [0.4, 0.5) is 0 Å². The van der Waals surface area contributed by atoms with E-state index in [2.05, 4.69) is 41.4 Å². The molecule has 3 nitrogen and oxygen atoms in total. The van der Waals surface area contributed by atoms with Crippen molar-refractivity contribution in [2.24, 2.45) is 0 Å². The van der Waals surface area contributed by atoms with Crippen molar-refractivity contribution in [3.63, 3.8) is 0 Å². The standard InChI is InChI=1S/C17H22N2O/c1-12-6-8-13(9-7-12)17-11-10-16(20)19(17)15-5-3-2-4-14(15)18-17/h6-9,14-15,18H,2-5,10-11H2,1H3/t14-,15-,17+/m1/s1. The maximum absolute atomic E-state index is 12.4. The highest BCUT2D eigenvalue weighted by Crippen LogP contribution is 2.47. The minimum absolute atomic E-state index is 0.218. The van der Waals surface area contributed by atoms with Crippen molar-refractivity contribution in [3.8, 4) is 0 Å². The molecule has 20 heavy (non-hydrogen) atoms. The molecule has 3 atom stereocenters. The number of nitrogens with zero attached hydrogens (tertiary/aromatic N) is 1. The summed E-state index contributed by atoms with van der Waals surface area (Å²) in [5.74, 6) is 0.340. The Kier molecular flexibility index (Phi) is 2.68. The molecule has 1 N–H and O–H groups in total. The SMILES string of the molecule is Cc1ccc([C@]23CCC(=O)N2[C@@H]2CCCC[C@H]2N3)cc1. The normalized spacial score (nSPS) is 36.0. The van der Waals surface area contributed by atoms with Crippen LogP contribution in [0, 0.1) is 6.92 Å². The van der Waals surface area contributed by atoms with Crippen molar-refractivity contribution < 1.29 is 4.79 Å². The molecule has 2 aliphatic heterocycles. The van der Waals surface area contributed by atoms with E-state index in [-0.39, 0.29) is 5.66 Å². The smallest absolute Gasteiger partial charge is 0.224 e. The first-order chi connectivity index (χ1) is 9.71. The van der Waals surface area contributed by atoms with Gasteiger partial charge >= 0.3 is 0 Å². The second-order valence-electron chi connectivity index (χ2n) is 6.59. The van der Waals surface area contributed by atoms with Crippen molar-refractivity contribution in [1.82, 2.24) is 10.2 Å². The Hall–Kier alpha value is -1.35. The Bertz CT molecular complexity index is 538. The molecule has 4 rings (SSSR count).